The van der Waals surface area contributed by atoms with Gasteiger partial charge in [0.1, 0.15) is 0 Å². The van der Waals surface area contributed by atoms with Crippen LogP contribution in [0.15, 0.2) is 54.6 Å². The summed E-state index contributed by atoms with van der Waals surface area (Å²) in [6.07, 6.45) is 5.98. The van der Waals surface area contributed by atoms with Gasteiger partial charge in [-0.25, -0.2) is 0 Å². The van der Waals surface area contributed by atoms with Gasteiger partial charge in [-0.05, 0) is 61.3 Å². The van der Waals surface area contributed by atoms with Gasteiger partial charge in [-0.3, -0.25) is 9.59 Å². The van der Waals surface area contributed by atoms with Gasteiger partial charge in [0, 0.05) is 38.2 Å². The van der Waals surface area contributed by atoms with Crippen LogP contribution in [0.25, 0.3) is 0 Å². The van der Waals surface area contributed by atoms with Gasteiger partial charge in [-0.15, -0.1) is 0 Å². The highest BCUT2D eigenvalue weighted by Crippen LogP contribution is 2.34. The maximum atomic E-state index is 13.0. The minimum absolute atomic E-state index is 0.0944. The van der Waals surface area contributed by atoms with Crippen LogP contribution in [0.5, 0.6) is 0 Å². The Balaban J connectivity index is 1.32. The molecule has 4 rings (SSSR count). The number of carbonyl (C=O) groups is 2. The second-order valence-corrected chi connectivity index (χ2v) is 8.45. The molecule has 1 heterocycles. The minimum atomic E-state index is 0.0944. The predicted octanol–water partition coefficient (Wildman–Crippen LogP) is 4.61. The van der Waals surface area contributed by atoms with E-state index in [1.807, 2.05) is 41.1 Å². The SMILES string of the molecule is CN(C(=O)c1ccc(CN2CCCC2=O)cc1)C1CCC(c2ccccc2)CC1. The molecule has 2 aromatic carbocycles. The maximum absolute atomic E-state index is 13.0. The summed E-state index contributed by atoms with van der Waals surface area (Å²) in [5.74, 6) is 0.941. The lowest BCUT2D eigenvalue weighted by atomic mass is 9.81. The number of amides is 2. The van der Waals surface area contributed by atoms with Crippen LogP contribution in [0.1, 0.15) is 65.9 Å². The van der Waals surface area contributed by atoms with Crippen LogP contribution in [0.3, 0.4) is 0 Å². The lowest BCUT2D eigenvalue weighted by molar-refractivity contribution is -0.128. The molecule has 4 nitrogen and oxygen atoms in total. The molecule has 0 atom stereocenters. The number of rotatable bonds is 5. The zero-order valence-electron chi connectivity index (χ0n) is 17.2. The normalized spacial score (nSPS) is 22.0. The highest BCUT2D eigenvalue weighted by molar-refractivity contribution is 5.94. The van der Waals surface area contributed by atoms with Crippen molar-refractivity contribution in [3.63, 3.8) is 0 Å². The summed E-state index contributed by atoms with van der Waals surface area (Å²) in [7, 11) is 1.94. The van der Waals surface area contributed by atoms with Crippen molar-refractivity contribution < 1.29 is 9.59 Å². The third-order valence-electron chi connectivity index (χ3n) is 6.58. The lowest BCUT2D eigenvalue weighted by Crippen LogP contribution is -2.39. The summed E-state index contributed by atoms with van der Waals surface area (Å²) in [4.78, 5) is 28.6. The molecule has 152 valence electrons. The summed E-state index contributed by atoms with van der Waals surface area (Å²) >= 11 is 0. The summed E-state index contributed by atoms with van der Waals surface area (Å²) in [5.41, 5.74) is 3.24. The van der Waals surface area contributed by atoms with Crippen LogP contribution in [0, 0.1) is 0 Å². The lowest BCUT2D eigenvalue weighted by Gasteiger charge is -2.35. The summed E-state index contributed by atoms with van der Waals surface area (Å²) in [6, 6.07) is 18.8. The fourth-order valence-electron chi connectivity index (χ4n) is 4.74. The Labute approximate surface area is 173 Å². The van der Waals surface area contributed by atoms with Crippen LogP contribution in [-0.2, 0) is 11.3 Å². The molecule has 2 amide bonds. The van der Waals surface area contributed by atoms with Crippen molar-refractivity contribution >= 4 is 11.8 Å². The average Bonchev–Trinajstić information content (AvgIpc) is 3.18. The Morgan fingerprint density at radius 1 is 1.00 bits per heavy atom. The van der Waals surface area contributed by atoms with E-state index in [-0.39, 0.29) is 11.8 Å². The van der Waals surface area contributed by atoms with Gasteiger partial charge in [0.2, 0.25) is 5.91 Å². The van der Waals surface area contributed by atoms with E-state index in [2.05, 4.69) is 30.3 Å². The molecule has 2 aromatic rings. The molecule has 0 bridgehead atoms. The second-order valence-electron chi connectivity index (χ2n) is 8.45. The Hall–Kier alpha value is -2.62. The minimum Gasteiger partial charge on any atom is -0.339 e. The smallest absolute Gasteiger partial charge is 0.253 e. The Kier molecular flexibility index (Phi) is 5.98. The molecule has 0 spiro atoms. The van der Waals surface area contributed by atoms with E-state index in [0.29, 0.717) is 24.9 Å². The molecule has 0 N–H and O–H groups in total. The highest BCUT2D eigenvalue weighted by Gasteiger charge is 2.28. The topological polar surface area (TPSA) is 40.6 Å². The molecule has 1 saturated heterocycles. The monoisotopic (exact) mass is 390 g/mol. The van der Waals surface area contributed by atoms with Crippen molar-refractivity contribution in [2.45, 2.75) is 57.0 Å². The van der Waals surface area contributed by atoms with Crippen molar-refractivity contribution in [2.75, 3.05) is 13.6 Å². The van der Waals surface area contributed by atoms with E-state index in [1.54, 1.807) is 0 Å². The molecule has 0 aromatic heterocycles. The third-order valence-corrected chi connectivity index (χ3v) is 6.58. The van der Waals surface area contributed by atoms with Crippen LogP contribution < -0.4 is 0 Å². The molecule has 4 heteroatoms. The van der Waals surface area contributed by atoms with Crippen molar-refractivity contribution in [1.29, 1.82) is 0 Å². The van der Waals surface area contributed by atoms with Crippen LogP contribution in [0.2, 0.25) is 0 Å². The Morgan fingerprint density at radius 3 is 2.31 bits per heavy atom. The second kappa shape index (κ2) is 8.81. The van der Waals surface area contributed by atoms with E-state index < -0.39 is 0 Å². The van der Waals surface area contributed by atoms with Gasteiger partial charge in [0.15, 0.2) is 0 Å². The van der Waals surface area contributed by atoms with Crippen LogP contribution in [0.4, 0.5) is 0 Å². The first-order chi connectivity index (χ1) is 14.1. The van der Waals surface area contributed by atoms with E-state index in [0.717, 1.165) is 49.8 Å². The van der Waals surface area contributed by atoms with Crippen molar-refractivity contribution in [3.05, 3.63) is 71.3 Å². The standard InChI is InChI=1S/C25H30N2O2/c1-26(23-15-13-21(14-16-23)20-6-3-2-4-7-20)25(29)22-11-9-19(10-12-22)18-27-17-5-8-24(27)28/h2-4,6-7,9-12,21,23H,5,8,13-18H2,1H3. The summed E-state index contributed by atoms with van der Waals surface area (Å²) in [6.45, 7) is 1.49. The fourth-order valence-corrected chi connectivity index (χ4v) is 4.74. The Bertz CT molecular complexity index is 839. The molecular formula is C25H30N2O2. The molecule has 2 aliphatic rings. The predicted molar refractivity (Wildman–Crippen MR) is 115 cm³/mol. The van der Waals surface area contributed by atoms with Crippen molar-refractivity contribution in [3.8, 4) is 0 Å². The molecule has 29 heavy (non-hydrogen) atoms. The van der Waals surface area contributed by atoms with Gasteiger partial charge < -0.3 is 9.80 Å². The number of likely N-dealkylation sites (tertiary alicyclic amines) is 1. The van der Waals surface area contributed by atoms with E-state index in [4.69, 9.17) is 0 Å². The van der Waals surface area contributed by atoms with Gasteiger partial charge >= 0.3 is 0 Å². The van der Waals surface area contributed by atoms with Crippen molar-refractivity contribution in [1.82, 2.24) is 9.80 Å². The number of nitrogens with zero attached hydrogens (tertiary/aromatic N) is 2. The number of carbonyl (C=O) groups excluding carboxylic acids is 2. The van der Waals surface area contributed by atoms with Crippen LogP contribution >= 0.6 is 0 Å². The fraction of sp³-hybridized carbons (Fsp3) is 0.440. The van der Waals surface area contributed by atoms with Gasteiger partial charge in [0.05, 0.1) is 0 Å². The number of hydrogen-bond donors (Lipinski definition) is 0. The molecule has 1 aliphatic heterocycles. The van der Waals surface area contributed by atoms with Crippen molar-refractivity contribution in [2.24, 2.45) is 0 Å². The molecule has 2 fully saturated rings. The summed E-state index contributed by atoms with van der Waals surface area (Å²) < 4.78 is 0. The number of hydrogen-bond acceptors (Lipinski definition) is 2. The zero-order valence-corrected chi connectivity index (χ0v) is 17.2. The Morgan fingerprint density at radius 2 is 1.69 bits per heavy atom. The largest absolute Gasteiger partial charge is 0.339 e. The first kappa shape index (κ1) is 19.7. The van der Waals surface area contributed by atoms with E-state index >= 15 is 0 Å². The molecule has 0 unspecified atom stereocenters. The molecule has 1 saturated carbocycles. The number of benzene rings is 2. The van der Waals surface area contributed by atoms with E-state index in [1.165, 1.54) is 5.56 Å². The van der Waals surface area contributed by atoms with Gasteiger partial charge in [-0.2, -0.15) is 0 Å². The first-order valence-corrected chi connectivity index (χ1v) is 10.8. The van der Waals surface area contributed by atoms with Gasteiger partial charge in [0.25, 0.3) is 5.91 Å². The molecular weight excluding hydrogens is 360 g/mol. The first-order valence-electron chi connectivity index (χ1n) is 10.8. The van der Waals surface area contributed by atoms with Gasteiger partial charge in [-0.1, -0.05) is 42.5 Å². The average molecular weight is 391 g/mol. The maximum Gasteiger partial charge on any atom is 0.253 e. The molecule has 1 aliphatic carbocycles. The zero-order chi connectivity index (χ0) is 20.2. The van der Waals surface area contributed by atoms with E-state index in [9.17, 15) is 9.59 Å². The highest BCUT2D eigenvalue weighted by atomic mass is 16.2. The summed E-state index contributed by atoms with van der Waals surface area (Å²) in [5, 5.41) is 0. The molecule has 0 radical (unpaired) electrons. The quantitative estimate of drug-likeness (QED) is 0.748. The van der Waals surface area contributed by atoms with Crippen LogP contribution in [-0.4, -0.2) is 41.2 Å². The third kappa shape index (κ3) is 4.52.